The van der Waals surface area contributed by atoms with Gasteiger partial charge >= 0.3 is 0 Å². The highest BCUT2D eigenvalue weighted by Crippen LogP contribution is 2.51. The predicted octanol–water partition coefficient (Wildman–Crippen LogP) is 13.1. The van der Waals surface area contributed by atoms with Gasteiger partial charge in [-0.1, -0.05) is 109 Å². The van der Waals surface area contributed by atoms with Crippen LogP contribution in [0.5, 0.6) is 17.2 Å². The number of methoxy groups -OCH3 is 3. The molecule has 0 atom stereocenters. The summed E-state index contributed by atoms with van der Waals surface area (Å²) in [5, 5.41) is 11.1. The monoisotopic (exact) mass is 800 g/mol. The van der Waals surface area contributed by atoms with Crippen LogP contribution >= 0.6 is 11.6 Å². The molecule has 0 aromatic heterocycles. The number of benzene rings is 2. The van der Waals surface area contributed by atoms with Crippen LogP contribution in [0.2, 0.25) is 0 Å². The molecule has 0 saturated carbocycles. The number of rotatable bonds is 21. The lowest BCUT2D eigenvalue weighted by Crippen LogP contribution is -2.28. The Labute approximate surface area is 350 Å². The Morgan fingerprint density at radius 1 is 0.719 bits per heavy atom. The Morgan fingerprint density at radius 2 is 1.33 bits per heavy atom. The van der Waals surface area contributed by atoms with Gasteiger partial charge in [-0.05, 0) is 86.9 Å². The minimum absolute atomic E-state index is 0.0524. The van der Waals surface area contributed by atoms with Crippen molar-refractivity contribution >= 4 is 28.7 Å². The smallest absolute Gasteiger partial charge is 0.213 e. The standard InChI is InChI=1S/C50H72ClN2O4/c1-10-12-14-16-18-20-29-52-41-31-38(35-54)43(55-7)32-39(41)49(3,4)46(52)27-25-36-23-22-24-37(48(36)51)26-28-47-50(5,6)40-33-44(56-8)45(57-9)34-42(40)53(47)30-21-19-17-15-13-11-2/h25-28,31-34,54H,10-24,29-30,35H2,1-9H3/q+1. The van der Waals surface area contributed by atoms with Crippen LogP contribution in [0.25, 0.3) is 0 Å². The fraction of sp³-hybridized carbons (Fsp3) is 0.580. The molecule has 2 heterocycles. The Hall–Kier alpha value is -3.48. The Morgan fingerprint density at radius 3 is 1.98 bits per heavy atom. The second-order valence-corrected chi connectivity index (χ2v) is 17.7. The molecular formula is C50H72ClN2O4+. The first kappa shape index (κ1) is 44.6. The number of fused-ring (bicyclic) bond motifs is 2. The van der Waals surface area contributed by atoms with Crippen molar-refractivity contribution in [3.05, 3.63) is 87.1 Å². The summed E-state index contributed by atoms with van der Waals surface area (Å²) in [6.07, 6.45) is 27.2. The van der Waals surface area contributed by atoms with Crippen LogP contribution in [0, 0.1) is 0 Å². The zero-order chi connectivity index (χ0) is 41.2. The van der Waals surface area contributed by atoms with Gasteiger partial charge in [0.1, 0.15) is 12.3 Å². The fourth-order valence-electron chi connectivity index (χ4n) is 9.20. The van der Waals surface area contributed by atoms with Gasteiger partial charge < -0.3 is 24.2 Å². The van der Waals surface area contributed by atoms with E-state index < -0.39 is 0 Å². The summed E-state index contributed by atoms with van der Waals surface area (Å²) >= 11 is 7.38. The zero-order valence-corrected chi connectivity index (χ0v) is 37.5. The van der Waals surface area contributed by atoms with Gasteiger partial charge in [-0.3, -0.25) is 0 Å². The Balaban J connectivity index is 1.48. The van der Waals surface area contributed by atoms with Crippen molar-refractivity contribution in [1.82, 2.24) is 0 Å². The van der Waals surface area contributed by atoms with Crippen LogP contribution < -0.4 is 19.1 Å². The van der Waals surface area contributed by atoms with Crippen molar-refractivity contribution in [2.24, 2.45) is 0 Å². The lowest BCUT2D eigenvalue weighted by molar-refractivity contribution is -0.438. The normalized spacial score (nSPS) is 18.7. The van der Waals surface area contributed by atoms with E-state index in [0.717, 1.165) is 73.0 Å². The molecule has 7 heteroatoms. The molecule has 312 valence electrons. The highest BCUT2D eigenvalue weighted by Gasteiger charge is 2.45. The van der Waals surface area contributed by atoms with Crippen molar-refractivity contribution in [2.75, 3.05) is 39.3 Å². The van der Waals surface area contributed by atoms with Crippen LogP contribution in [0.3, 0.4) is 0 Å². The van der Waals surface area contributed by atoms with Gasteiger partial charge in [0, 0.05) is 52.0 Å². The molecule has 3 aliphatic rings. The summed E-state index contributed by atoms with van der Waals surface area (Å²) in [6.45, 7) is 15.7. The molecule has 0 saturated heterocycles. The minimum atomic E-state index is -0.242. The lowest BCUT2D eigenvalue weighted by Gasteiger charge is -2.27. The molecule has 5 rings (SSSR count). The number of ether oxygens (including phenoxy) is 3. The molecule has 1 aliphatic carbocycles. The molecule has 0 unspecified atom stereocenters. The van der Waals surface area contributed by atoms with Gasteiger partial charge in [0.05, 0.1) is 39.4 Å². The van der Waals surface area contributed by atoms with E-state index in [1.807, 2.05) is 0 Å². The number of anilines is 1. The molecule has 0 radical (unpaired) electrons. The third kappa shape index (κ3) is 9.87. The highest BCUT2D eigenvalue weighted by atomic mass is 35.5. The first-order valence-electron chi connectivity index (χ1n) is 22.0. The van der Waals surface area contributed by atoms with Crippen molar-refractivity contribution < 1.29 is 23.9 Å². The van der Waals surface area contributed by atoms with E-state index in [1.165, 1.54) is 109 Å². The van der Waals surface area contributed by atoms with Crippen LogP contribution in [-0.2, 0) is 17.4 Å². The molecule has 2 aliphatic heterocycles. The van der Waals surface area contributed by atoms with Crippen LogP contribution in [0.15, 0.2) is 70.4 Å². The number of aliphatic hydroxyl groups excluding tert-OH is 1. The maximum absolute atomic E-state index is 10.2. The summed E-state index contributed by atoms with van der Waals surface area (Å²) in [5.41, 5.74) is 10.2. The van der Waals surface area contributed by atoms with E-state index in [2.05, 4.69) is 99.6 Å². The third-order valence-electron chi connectivity index (χ3n) is 12.7. The number of aliphatic hydroxyl groups is 1. The van der Waals surface area contributed by atoms with Gasteiger partial charge in [0.2, 0.25) is 5.69 Å². The van der Waals surface area contributed by atoms with Crippen LogP contribution in [-0.4, -0.2) is 49.8 Å². The van der Waals surface area contributed by atoms with E-state index in [1.54, 1.807) is 21.3 Å². The number of allylic oxidation sites excluding steroid dienone is 8. The molecular weight excluding hydrogens is 728 g/mol. The SMILES string of the molecule is CCCCCCCCN1/C(=C\C=C2/CCCC(/C=C/C3=[N+](CCCCCCCC)c4cc(OC)c(OC)cc4C3(C)C)=C2Cl)C(C)(C)c2cc(OC)c(CO)cc21. The van der Waals surface area contributed by atoms with Gasteiger partial charge in [-0.25, -0.2) is 0 Å². The van der Waals surface area contributed by atoms with Gasteiger partial charge in [-0.15, -0.1) is 0 Å². The molecule has 2 aromatic rings. The fourth-order valence-corrected chi connectivity index (χ4v) is 9.51. The van der Waals surface area contributed by atoms with Crippen molar-refractivity contribution in [3.63, 3.8) is 0 Å². The minimum Gasteiger partial charge on any atom is -0.496 e. The van der Waals surface area contributed by atoms with Crippen LogP contribution in [0.4, 0.5) is 11.4 Å². The molecule has 6 nitrogen and oxygen atoms in total. The Kier molecular flexibility index (Phi) is 16.0. The maximum atomic E-state index is 10.2. The van der Waals surface area contributed by atoms with Gasteiger partial charge in [-0.2, -0.15) is 4.58 Å². The first-order chi connectivity index (χ1) is 27.5. The number of unbranched alkanes of at least 4 members (excludes halogenated alkanes) is 10. The van der Waals surface area contributed by atoms with E-state index >= 15 is 0 Å². The number of hydrogen-bond donors (Lipinski definition) is 1. The summed E-state index contributed by atoms with van der Waals surface area (Å²) in [6, 6.07) is 8.61. The Bertz CT molecular complexity index is 1860. The van der Waals surface area contributed by atoms with Gasteiger partial charge in [0.15, 0.2) is 17.2 Å². The summed E-state index contributed by atoms with van der Waals surface area (Å²) < 4.78 is 19.8. The molecule has 57 heavy (non-hydrogen) atoms. The molecule has 1 N–H and O–H groups in total. The number of nitrogens with zero attached hydrogens (tertiary/aromatic N) is 2. The highest BCUT2D eigenvalue weighted by molar-refractivity contribution is 6.32. The van der Waals surface area contributed by atoms with E-state index in [9.17, 15) is 5.11 Å². The third-order valence-corrected chi connectivity index (χ3v) is 13.2. The molecule has 2 aromatic carbocycles. The number of hydrogen-bond acceptors (Lipinski definition) is 5. The lowest BCUT2D eigenvalue weighted by atomic mass is 9.81. The largest absolute Gasteiger partial charge is 0.496 e. The summed E-state index contributed by atoms with van der Waals surface area (Å²) in [5.74, 6) is 2.27. The number of halogens is 1. The maximum Gasteiger partial charge on any atom is 0.213 e. The quantitative estimate of drug-likeness (QED) is 0.101. The molecule has 0 bridgehead atoms. The zero-order valence-electron chi connectivity index (χ0n) is 36.8. The first-order valence-corrected chi connectivity index (χ1v) is 22.4. The molecule has 0 fully saturated rings. The van der Waals surface area contributed by atoms with E-state index in [-0.39, 0.29) is 17.4 Å². The van der Waals surface area contributed by atoms with Crippen molar-refractivity contribution in [3.8, 4) is 17.2 Å². The second kappa shape index (κ2) is 20.5. The van der Waals surface area contributed by atoms with Crippen molar-refractivity contribution in [1.29, 1.82) is 0 Å². The summed E-state index contributed by atoms with van der Waals surface area (Å²) in [7, 11) is 5.12. The van der Waals surface area contributed by atoms with Crippen LogP contribution in [0.1, 0.15) is 155 Å². The molecule has 0 spiro atoms. The van der Waals surface area contributed by atoms with Crippen molar-refractivity contribution in [2.45, 2.75) is 155 Å². The topological polar surface area (TPSA) is 54.2 Å². The summed E-state index contributed by atoms with van der Waals surface area (Å²) in [4.78, 5) is 2.49. The predicted molar refractivity (Wildman–Crippen MR) is 240 cm³/mol. The second-order valence-electron chi connectivity index (χ2n) is 17.3. The van der Waals surface area contributed by atoms with Gasteiger partial charge in [0.25, 0.3) is 0 Å². The average molecular weight is 801 g/mol. The average Bonchev–Trinajstić information content (AvgIpc) is 3.54. The van der Waals surface area contributed by atoms with E-state index in [4.69, 9.17) is 25.8 Å². The molecule has 0 amide bonds. The van der Waals surface area contributed by atoms with E-state index in [0.29, 0.717) is 0 Å².